The van der Waals surface area contributed by atoms with E-state index >= 15 is 0 Å². The lowest BCUT2D eigenvalue weighted by atomic mass is 10.1. The lowest BCUT2D eigenvalue weighted by molar-refractivity contribution is -0.137. The predicted octanol–water partition coefficient (Wildman–Crippen LogP) is 2.80. The van der Waals surface area contributed by atoms with Gasteiger partial charge in [-0.15, -0.1) is 0 Å². The summed E-state index contributed by atoms with van der Waals surface area (Å²) < 4.78 is 53.8. The fourth-order valence-electron chi connectivity index (χ4n) is 2.13. The highest BCUT2D eigenvalue weighted by atomic mass is 35.5. The molecule has 0 fully saturated rings. The molecule has 0 radical (unpaired) electrons. The molecule has 3 aromatic rings. The number of hydrogen-bond acceptors (Lipinski definition) is 5. The first-order valence-electron chi connectivity index (χ1n) is 7.28. The zero-order valence-corrected chi connectivity index (χ0v) is 14.0. The zero-order chi connectivity index (χ0) is 19.6. The summed E-state index contributed by atoms with van der Waals surface area (Å²) >= 11 is 5.48. The fraction of sp³-hybridized carbons (Fsp3) is 0.133. The number of nitrogens with one attached hydrogen (secondary N) is 1. The molecule has 27 heavy (non-hydrogen) atoms. The Morgan fingerprint density at radius 2 is 1.89 bits per heavy atom. The summed E-state index contributed by atoms with van der Waals surface area (Å²) in [5, 5.41) is 5.37. The maximum Gasteiger partial charge on any atom is 0.416 e. The number of carbonyl (C=O) groups excluding carboxylic acids is 1. The number of nitrogens with zero attached hydrogens (tertiary/aromatic N) is 5. The maximum atomic E-state index is 14.0. The summed E-state index contributed by atoms with van der Waals surface area (Å²) in [5.41, 5.74) is -2.07. The van der Waals surface area contributed by atoms with Gasteiger partial charge in [-0.3, -0.25) is 4.79 Å². The van der Waals surface area contributed by atoms with Crippen molar-refractivity contribution in [3.8, 4) is 5.95 Å². The number of alkyl halides is 3. The van der Waals surface area contributed by atoms with Crippen molar-refractivity contribution in [1.29, 1.82) is 0 Å². The van der Waals surface area contributed by atoms with Gasteiger partial charge in [0.1, 0.15) is 6.33 Å². The minimum atomic E-state index is -4.78. The smallest absolute Gasteiger partial charge is 0.345 e. The second kappa shape index (κ2) is 7.27. The van der Waals surface area contributed by atoms with Crippen LogP contribution in [0.15, 0.2) is 36.9 Å². The molecule has 0 saturated heterocycles. The fourth-order valence-corrected chi connectivity index (χ4v) is 2.35. The highest BCUT2D eigenvalue weighted by molar-refractivity contribution is 6.31. The average Bonchev–Trinajstić information content (AvgIpc) is 3.10. The van der Waals surface area contributed by atoms with Gasteiger partial charge in [-0.1, -0.05) is 11.6 Å². The van der Waals surface area contributed by atoms with Gasteiger partial charge in [0.25, 0.3) is 11.9 Å². The van der Waals surface area contributed by atoms with E-state index < -0.39 is 34.1 Å². The Labute approximate surface area is 154 Å². The van der Waals surface area contributed by atoms with Gasteiger partial charge in [0.2, 0.25) is 0 Å². The Hall–Kier alpha value is -3.08. The van der Waals surface area contributed by atoms with E-state index in [4.69, 9.17) is 11.6 Å². The molecule has 0 atom stereocenters. The summed E-state index contributed by atoms with van der Waals surface area (Å²) in [7, 11) is 0. The average molecular weight is 401 g/mol. The molecule has 0 saturated carbocycles. The van der Waals surface area contributed by atoms with E-state index in [1.165, 1.54) is 23.4 Å². The Morgan fingerprint density at radius 1 is 1.19 bits per heavy atom. The number of benzene rings is 1. The molecule has 0 aliphatic rings. The van der Waals surface area contributed by atoms with Crippen molar-refractivity contribution < 1.29 is 22.4 Å². The van der Waals surface area contributed by atoms with E-state index in [1.54, 1.807) is 6.07 Å². The molecule has 1 aromatic carbocycles. The van der Waals surface area contributed by atoms with Gasteiger partial charge in [-0.05, 0) is 18.2 Å². The third-order valence-electron chi connectivity index (χ3n) is 3.37. The van der Waals surface area contributed by atoms with Gasteiger partial charge >= 0.3 is 6.18 Å². The second-order valence-corrected chi connectivity index (χ2v) is 5.54. The molecule has 0 aliphatic heterocycles. The van der Waals surface area contributed by atoms with E-state index in [-0.39, 0.29) is 18.3 Å². The lowest BCUT2D eigenvalue weighted by Crippen LogP contribution is -2.26. The highest BCUT2D eigenvalue weighted by Gasteiger charge is 2.33. The third-order valence-corrected chi connectivity index (χ3v) is 3.64. The maximum absolute atomic E-state index is 14.0. The van der Waals surface area contributed by atoms with Crippen LogP contribution in [0.3, 0.4) is 0 Å². The first kappa shape index (κ1) is 18.7. The predicted molar refractivity (Wildman–Crippen MR) is 84.5 cm³/mol. The van der Waals surface area contributed by atoms with Gasteiger partial charge in [-0.25, -0.2) is 19.3 Å². The number of hydrogen-bond donors (Lipinski definition) is 1. The van der Waals surface area contributed by atoms with Gasteiger partial charge in [-0.2, -0.15) is 23.0 Å². The number of amides is 1. The van der Waals surface area contributed by atoms with Crippen LogP contribution in [0.2, 0.25) is 5.02 Å². The second-order valence-electron chi connectivity index (χ2n) is 5.14. The van der Waals surface area contributed by atoms with Gasteiger partial charge in [0.05, 0.1) is 22.7 Å². The van der Waals surface area contributed by atoms with E-state index in [9.17, 15) is 22.4 Å². The van der Waals surface area contributed by atoms with Crippen molar-refractivity contribution >= 4 is 17.5 Å². The standard InChI is InChI=1S/C15H9ClF4N6O/c16-10-5-8(15(18,19)20)4-9(12(10)17)13(27)23-6-11-24-7-25-26(11)14-21-2-1-3-22-14/h1-5,7H,6H2,(H,23,27). The van der Waals surface area contributed by atoms with Crippen LogP contribution in [0.1, 0.15) is 21.7 Å². The van der Waals surface area contributed by atoms with Gasteiger partial charge in [0, 0.05) is 12.4 Å². The van der Waals surface area contributed by atoms with E-state index in [0.717, 1.165) is 0 Å². The van der Waals surface area contributed by atoms with Crippen LogP contribution in [0, 0.1) is 5.82 Å². The number of carbonyl (C=O) groups is 1. The topological polar surface area (TPSA) is 85.6 Å². The van der Waals surface area contributed by atoms with Crippen molar-refractivity contribution in [1.82, 2.24) is 30.0 Å². The van der Waals surface area contributed by atoms with Crippen LogP contribution in [-0.2, 0) is 12.7 Å². The van der Waals surface area contributed by atoms with Crippen molar-refractivity contribution in [2.24, 2.45) is 0 Å². The van der Waals surface area contributed by atoms with Gasteiger partial charge in [0.15, 0.2) is 11.6 Å². The monoisotopic (exact) mass is 400 g/mol. The molecule has 2 heterocycles. The molecular weight excluding hydrogens is 392 g/mol. The van der Waals surface area contributed by atoms with Gasteiger partial charge < -0.3 is 5.32 Å². The molecule has 3 rings (SSSR count). The molecule has 1 N–H and O–H groups in total. The Morgan fingerprint density at radius 3 is 2.56 bits per heavy atom. The van der Waals surface area contributed by atoms with Crippen LogP contribution >= 0.6 is 11.6 Å². The quantitative estimate of drug-likeness (QED) is 0.681. The minimum absolute atomic E-state index is 0.174. The summed E-state index contributed by atoms with van der Waals surface area (Å²) in [5.74, 6) is -1.99. The SMILES string of the molecule is O=C(NCc1ncnn1-c1ncccn1)c1cc(C(F)(F)F)cc(Cl)c1F. The molecule has 7 nitrogen and oxygen atoms in total. The summed E-state index contributed by atoms with van der Waals surface area (Å²) in [6, 6.07) is 2.39. The zero-order valence-electron chi connectivity index (χ0n) is 13.2. The third kappa shape index (κ3) is 4.03. The van der Waals surface area contributed by atoms with Crippen molar-refractivity contribution in [2.45, 2.75) is 12.7 Å². The van der Waals surface area contributed by atoms with Crippen LogP contribution in [0.25, 0.3) is 5.95 Å². The van der Waals surface area contributed by atoms with Crippen molar-refractivity contribution in [3.63, 3.8) is 0 Å². The molecule has 0 unspecified atom stereocenters. The van der Waals surface area contributed by atoms with E-state index in [2.05, 4.69) is 25.4 Å². The molecule has 12 heteroatoms. The van der Waals surface area contributed by atoms with Crippen LogP contribution < -0.4 is 5.32 Å². The van der Waals surface area contributed by atoms with Crippen LogP contribution in [-0.4, -0.2) is 30.6 Å². The highest BCUT2D eigenvalue weighted by Crippen LogP contribution is 2.33. The largest absolute Gasteiger partial charge is 0.416 e. The number of halogens is 5. The molecule has 2 aromatic heterocycles. The van der Waals surface area contributed by atoms with Crippen LogP contribution in [0.5, 0.6) is 0 Å². The lowest BCUT2D eigenvalue weighted by Gasteiger charge is -2.11. The molecule has 0 aliphatic carbocycles. The van der Waals surface area contributed by atoms with Crippen molar-refractivity contribution in [2.75, 3.05) is 0 Å². The van der Waals surface area contributed by atoms with Crippen LogP contribution in [0.4, 0.5) is 17.6 Å². The van der Waals surface area contributed by atoms with E-state index in [1.807, 2.05) is 0 Å². The molecule has 0 bridgehead atoms. The Balaban J connectivity index is 1.82. The molecular formula is C15H9ClF4N6O. The normalized spacial score (nSPS) is 11.4. The minimum Gasteiger partial charge on any atom is -0.345 e. The summed E-state index contributed by atoms with van der Waals surface area (Å²) in [6.07, 6.45) is -0.671. The first-order valence-corrected chi connectivity index (χ1v) is 7.66. The number of aromatic nitrogens is 5. The molecule has 0 spiro atoms. The molecule has 1 amide bonds. The first-order chi connectivity index (χ1) is 12.8. The molecule has 140 valence electrons. The van der Waals surface area contributed by atoms with E-state index in [0.29, 0.717) is 12.1 Å². The summed E-state index contributed by atoms with van der Waals surface area (Å²) in [4.78, 5) is 24.0. The Bertz CT molecular complexity index is 976. The Kier molecular flexibility index (Phi) is 5.04. The van der Waals surface area contributed by atoms with Crippen molar-refractivity contribution in [3.05, 3.63) is 64.7 Å². The number of rotatable bonds is 4. The summed E-state index contributed by atoms with van der Waals surface area (Å²) in [6.45, 7) is -0.260.